The lowest BCUT2D eigenvalue weighted by Crippen LogP contribution is -2.56. The topological polar surface area (TPSA) is 85.9 Å². The Morgan fingerprint density at radius 3 is 2.87 bits per heavy atom. The number of hydrogen-bond acceptors (Lipinski definition) is 5. The molecule has 0 bridgehead atoms. The van der Waals surface area contributed by atoms with Gasteiger partial charge in [0.2, 0.25) is 11.8 Å². The molecule has 2 rings (SSSR count). The Hall–Kier alpha value is -2.12. The van der Waals surface area contributed by atoms with E-state index in [1.165, 1.54) is 0 Å². The number of nitrogens with one attached hydrogen (secondary N) is 2. The minimum atomic E-state index is -0.551. The Kier molecular flexibility index (Phi) is 6.37. The van der Waals surface area contributed by atoms with Crippen LogP contribution in [0.15, 0.2) is 18.2 Å². The van der Waals surface area contributed by atoms with Crippen LogP contribution in [0, 0.1) is 6.92 Å². The van der Waals surface area contributed by atoms with Crippen LogP contribution in [0.2, 0.25) is 0 Å². The van der Waals surface area contributed by atoms with E-state index >= 15 is 0 Å². The van der Waals surface area contributed by atoms with Gasteiger partial charge >= 0.3 is 0 Å². The van der Waals surface area contributed by atoms with E-state index < -0.39 is 6.04 Å². The highest BCUT2D eigenvalue weighted by Crippen LogP contribution is 2.20. The number of methoxy groups -OCH3 is 1. The highest BCUT2D eigenvalue weighted by molar-refractivity contribution is 5.94. The minimum Gasteiger partial charge on any atom is -0.467 e. The maximum absolute atomic E-state index is 11.8. The third-order valence-corrected chi connectivity index (χ3v) is 3.50. The van der Waals surface area contributed by atoms with E-state index in [4.69, 9.17) is 14.2 Å². The van der Waals surface area contributed by atoms with E-state index in [0.29, 0.717) is 25.4 Å². The summed E-state index contributed by atoms with van der Waals surface area (Å²) in [6.45, 7) is 3.08. The first kappa shape index (κ1) is 17.2. The van der Waals surface area contributed by atoms with Crippen molar-refractivity contribution in [2.45, 2.75) is 19.4 Å². The Morgan fingerprint density at radius 1 is 1.26 bits per heavy atom. The first-order chi connectivity index (χ1) is 11.1. The predicted molar refractivity (Wildman–Crippen MR) is 83.1 cm³/mol. The molecule has 126 valence electrons. The van der Waals surface area contributed by atoms with Crippen LogP contribution in [0.3, 0.4) is 0 Å². The lowest BCUT2D eigenvalue weighted by molar-refractivity contribution is -0.133. The molecule has 1 aromatic rings. The zero-order chi connectivity index (χ0) is 16.7. The maximum atomic E-state index is 11.8. The number of benzene rings is 1. The number of rotatable bonds is 8. The van der Waals surface area contributed by atoms with Crippen LogP contribution in [0.4, 0.5) is 0 Å². The molecule has 0 radical (unpaired) electrons. The summed E-state index contributed by atoms with van der Waals surface area (Å²) in [6, 6.07) is 5.15. The van der Waals surface area contributed by atoms with Crippen LogP contribution in [0.1, 0.15) is 11.1 Å². The fourth-order valence-corrected chi connectivity index (χ4v) is 2.21. The summed E-state index contributed by atoms with van der Waals surface area (Å²) in [4.78, 5) is 23.2. The van der Waals surface area contributed by atoms with E-state index in [0.717, 1.165) is 11.1 Å². The molecule has 1 fully saturated rings. The van der Waals surface area contributed by atoms with Crippen LogP contribution in [-0.4, -0.2) is 51.5 Å². The minimum absolute atomic E-state index is 0.0381. The molecule has 1 unspecified atom stereocenters. The SMILES string of the molecule is COCCOCOc1cc(CC2NC(=O)CNC2=O)ccc1C. The summed E-state index contributed by atoms with van der Waals surface area (Å²) in [5, 5.41) is 5.25. The molecule has 1 aliphatic heterocycles. The number of hydrogen-bond donors (Lipinski definition) is 2. The van der Waals surface area contributed by atoms with Gasteiger partial charge in [0.25, 0.3) is 0 Å². The Bertz CT molecular complexity index is 561. The summed E-state index contributed by atoms with van der Waals surface area (Å²) in [5.74, 6) is 0.350. The van der Waals surface area contributed by atoms with Gasteiger partial charge in [0.1, 0.15) is 11.8 Å². The van der Waals surface area contributed by atoms with Crippen LogP contribution < -0.4 is 15.4 Å². The van der Waals surface area contributed by atoms with Crippen molar-refractivity contribution in [1.82, 2.24) is 10.6 Å². The second-order valence-electron chi connectivity index (χ2n) is 5.31. The van der Waals surface area contributed by atoms with Gasteiger partial charge in [0, 0.05) is 13.5 Å². The molecule has 23 heavy (non-hydrogen) atoms. The van der Waals surface area contributed by atoms with Crippen molar-refractivity contribution >= 4 is 11.8 Å². The zero-order valence-corrected chi connectivity index (χ0v) is 13.4. The molecule has 0 aliphatic carbocycles. The normalized spacial score (nSPS) is 17.6. The smallest absolute Gasteiger partial charge is 0.243 e. The Labute approximate surface area is 135 Å². The average molecular weight is 322 g/mol. The standard InChI is InChI=1S/C16H22N2O5/c1-11-3-4-12(7-13-16(20)17-9-15(19)18-13)8-14(11)23-10-22-6-5-21-2/h3-4,8,13H,5-7,9-10H2,1-2H3,(H,17,20)(H,18,19). The maximum Gasteiger partial charge on any atom is 0.243 e. The molecule has 1 heterocycles. The van der Waals surface area contributed by atoms with E-state index in [9.17, 15) is 9.59 Å². The molecule has 0 spiro atoms. The van der Waals surface area contributed by atoms with Gasteiger partial charge in [-0.05, 0) is 24.1 Å². The summed E-state index contributed by atoms with van der Waals surface area (Å²) >= 11 is 0. The first-order valence-electron chi connectivity index (χ1n) is 7.46. The summed E-state index contributed by atoms with van der Waals surface area (Å²) in [7, 11) is 1.61. The van der Waals surface area contributed by atoms with Gasteiger partial charge < -0.3 is 24.8 Å². The molecule has 0 saturated carbocycles. The van der Waals surface area contributed by atoms with Gasteiger partial charge in [0.05, 0.1) is 19.8 Å². The molecule has 1 saturated heterocycles. The average Bonchev–Trinajstić information content (AvgIpc) is 2.53. The van der Waals surface area contributed by atoms with Crippen molar-refractivity contribution in [2.75, 3.05) is 33.7 Å². The molecule has 2 N–H and O–H groups in total. The third-order valence-electron chi connectivity index (χ3n) is 3.50. The number of carbonyl (C=O) groups is 2. The van der Waals surface area contributed by atoms with Gasteiger partial charge in [-0.15, -0.1) is 0 Å². The van der Waals surface area contributed by atoms with E-state index in [1.54, 1.807) is 7.11 Å². The van der Waals surface area contributed by atoms with Gasteiger partial charge in [-0.3, -0.25) is 9.59 Å². The van der Waals surface area contributed by atoms with E-state index in [2.05, 4.69) is 10.6 Å². The summed E-state index contributed by atoms with van der Waals surface area (Å²) < 4.78 is 15.8. The summed E-state index contributed by atoms with van der Waals surface area (Å²) in [6.07, 6.45) is 0.415. The number of ether oxygens (including phenoxy) is 3. The fourth-order valence-electron chi connectivity index (χ4n) is 2.21. The van der Waals surface area contributed by atoms with Crippen LogP contribution in [0.5, 0.6) is 5.75 Å². The van der Waals surface area contributed by atoms with Crippen molar-refractivity contribution in [3.63, 3.8) is 0 Å². The molecular weight excluding hydrogens is 300 g/mol. The lowest BCUT2D eigenvalue weighted by Gasteiger charge is -2.23. The highest BCUT2D eigenvalue weighted by Gasteiger charge is 2.26. The Balaban J connectivity index is 1.93. The molecule has 1 aliphatic rings. The number of carbonyl (C=O) groups excluding carboxylic acids is 2. The first-order valence-corrected chi connectivity index (χ1v) is 7.46. The van der Waals surface area contributed by atoms with Crippen molar-refractivity contribution in [1.29, 1.82) is 0 Å². The summed E-state index contributed by atoms with van der Waals surface area (Å²) in [5.41, 5.74) is 1.88. The molecule has 0 aromatic heterocycles. The molecule has 1 aromatic carbocycles. The molecule has 1 atom stereocenters. The molecular formula is C16H22N2O5. The van der Waals surface area contributed by atoms with Crippen molar-refractivity contribution in [2.24, 2.45) is 0 Å². The van der Waals surface area contributed by atoms with Crippen molar-refractivity contribution in [3.8, 4) is 5.75 Å². The Morgan fingerprint density at radius 2 is 2.09 bits per heavy atom. The number of piperazine rings is 1. The van der Waals surface area contributed by atoms with Crippen molar-refractivity contribution in [3.05, 3.63) is 29.3 Å². The second kappa shape index (κ2) is 8.50. The largest absolute Gasteiger partial charge is 0.467 e. The molecule has 7 nitrogen and oxygen atoms in total. The monoisotopic (exact) mass is 322 g/mol. The van der Waals surface area contributed by atoms with Gasteiger partial charge in [-0.2, -0.15) is 0 Å². The quantitative estimate of drug-likeness (QED) is 0.526. The predicted octanol–water partition coefficient (Wildman–Crippen LogP) is 0.151. The molecule has 7 heteroatoms. The third kappa shape index (κ3) is 5.22. The highest BCUT2D eigenvalue weighted by atomic mass is 16.7. The van der Waals surface area contributed by atoms with Crippen LogP contribution in [-0.2, 0) is 25.5 Å². The lowest BCUT2D eigenvalue weighted by atomic mass is 10.0. The number of amides is 2. The fraction of sp³-hybridized carbons (Fsp3) is 0.500. The number of aryl methyl sites for hydroxylation is 1. The van der Waals surface area contributed by atoms with Gasteiger partial charge in [-0.25, -0.2) is 0 Å². The second-order valence-corrected chi connectivity index (χ2v) is 5.31. The van der Waals surface area contributed by atoms with Gasteiger partial charge in [-0.1, -0.05) is 12.1 Å². The van der Waals surface area contributed by atoms with Crippen LogP contribution >= 0.6 is 0 Å². The van der Waals surface area contributed by atoms with Crippen LogP contribution in [0.25, 0.3) is 0 Å². The molecule has 2 amide bonds. The van der Waals surface area contributed by atoms with E-state index in [1.807, 2.05) is 25.1 Å². The van der Waals surface area contributed by atoms with E-state index in [-0.39, 0.29) is 25.2 Å². The van der Waals surface area contributed by atoms with Gasteiger partial charge in [0.15, 0.2) is 6.79 Å². The van der Waals surface area contributed by atoms with Crippen molar-refractivity contribution < 1.29 is 23.8 Å². The zero-order valence-electron chi connectivity index (χ0n) is 13.4.